The first-order chi connectivity index (χ1) is 14.3. The molecule has 178 valence electrons. The molecule has 0 bridgehead atoms. The summed E-state index contributed by atoms with van der Waals surface area (Å²) in [4.78, 5) is 27.3. The third-order valence-electron chi connectivity index (χ3n) is 6.69. The summed E-state index contributed by atoms with van der Waals surface area (Å²) in [6.45, 7) is 19.4. The Morgan fingerprint density at radius 3 is 2.29 bits per heavy atom. The summed E-state index contributed by atoms with van der Waals surface area (Å²) >= 11 is -2.62. The molecule has 31 heavy (non-hydrogen) atoms. The van der Waals surface area contributed by atoms with Crippen molar-refractivity contribution < 1.29 is 12.5 Å². The van der Waals surface area contributed by atoms with E-state index in [-0.39, 0.29) is 23.4 Å². The van der Waals surface area contributed by atoms with Crippen LogP contribution >= 0.6 is 0 Å². The minimum absolute atomic E-state index is 0.177. The molecule has 2 rings (SSSR count). The third kappa shape index (κ3) is 5.93. The van der Waals surface area contributed by atoms with Crippen LogP contribution in [0.1, 0.15) is 53.5 Å². The SMILES string of the molecule is C[CH2][Sn]([CH2]C)([CH2]C)[O]C[C@H]1O[C@](n2cc(C)c(=O)[nH]c2=O)([SiH](C)C)C[C@@H]1OC(C)(C)C. The predicted octanol–water partition coefficient (Wildman–Crippen LogP) is 3.52. The van der Waals surface area contributed by atoms with Crippen LogP contribution < -0.4 is 11.2 Å². The number of aryl methyl sites for hydroxylation is 1. The normalized spacial score (nSPS) is 24.8. The maximum absolute atomic E-state index is 12.8. The molecular weight excluding hydrogens is 519 g/mol. The molecule has 0 unspecified atom stereocenters. The van der Waals surface area contributed by atoms with Gasteiger partial charge in [-0.2, -0.15) is 0 Å². The predicted molar refractivity (Wildman–Crippen MR) is 130 cm³/mol. The van der Waals surface area contributed by atoms with E-state index in [0.717, 1.165) is 13.3 Å². The minimum atomic E-state index is -2.62. The van der Waals surface area contributed by atoms with E-state index in [1.165, 1.54) is 0 Å². The molecule has 0 amide bonds. The van der Waals surface area contributed by atoms with Gasteiger partial charge in [0.2, 0.25) is 0 Å². The fourth-order valence-electron chi connectivity index (χ4n) is 4.49. The second-order valence-corrected chi connectivity index (χ2v) is 27.0. The molecule has 0 aliphatic carbocycles. The summed E-state index contributed by atoms with van der Waals surface area (Å²) in [7, 11) is -1.58. The number of nitrogens with zero attached hydrogens (tertiary/aromatic N) is 1. The van der Waals surface area contributed by atoms with Gasteiger partial charge < -0.3 is 0 Å². The molecule has 0 radical (unpaired) electrons. The van der Waals surface area contributed by atoms with Crippen LogP contribution in [-0.2, 0) is 17.9 Å². The molecular formula is C22H42N2O5SiSn. The van der Waals surface area contributed by atoms with Gasteiger partial charge in [0.15, 0.2) is 0 Å². The molecule has 1 aromatic rings. The zero-order valence-corrected chi connectivity index (χ0v) is 24.8. The van der Waals surface area contributed by atoms with E-state index in [0.29, 0.717) is 18.6 Å². The van der Waals surface area contributed by atoms with Crippen LogP contribution in [-0.4, -0.2) is 61.6 Å². The third-order valence-corrected chi connectivity index (χ3v) is 22.4. The van der Waals surface area contributed by atoms with E-state index in [4.69, 9.17) is 12.5 Å². The average molecular weight is 561 g/mol. The fourth-order valence-corrected chi connectivity index (χ4v) is 13.9. The number of ether oxygens (including phenoxy) is 2. The van der Waals surface area contributed by atoms with Crippen molar-refractivity contribution in [3.8, 4) is 0 Å². The summed E-state index contributed by atoms with van der Waals surface area (Å²) in [5, 5.41) is -0.765. The molecule has 1 aliphatic heterocycles. The van der Waals surface area contributed by atoms with Crippen LogP contribution in [0.2, 0.25) is 26.4 Å². The Morgan fingerprint density at radius 1 is 1.23 bits per heavy atom. The van der Waals surface area contributed by atoms with E-state index in [2.05, 4.69) is 38.8 Å². The summed E-state index contributed by atoms with van der Waals surface area (Å²) in [5.41, 5.74) is -0.608. The van der Waals surface area contributed by atoms with Crippen LogP contribution in [0.25, 0.3) is 0 Å². The molecule has 1 aromatic heterocycles. The van der Waals surface area contributed by atoms with Gasteiger partial charge in [-0.15, -0.1) is 0 Å². The van der Waals surface area contributed by atoms with Crippen molar-refractivity contribution in [3.63, 3.8) is 0 Å². The first-order valence-corrected chi connectivity index (χ1v) is 21.8. The molecule has 2 heterocycles. The zero-order valence-electron chi connectivity index (χ0n) is 20.8. The van der Waals surface area contributed by atoms with Gasteiger partial charge in [0.25, 0.3) is 0 Å². The number of H-pyrrole nitrogens is 1. The standard InChI is InChI=1S/C16H27N2O5Si.3C2H5.Sn/c1-10-8-18(14(21)17-13(10)20)16(24(5)6)7-11(12(9-19)23-16)22-15(2,3)4;3*1-2;/h8,11-12,24H,7,9H2,1-6H3,(H,17,20,21);3*1H2,2H3;/q-1;;;;+1/t11-,12+,16-;;;;/m0..../s1. The van der Waals surface area contributed by atoms with Gasteiger partial charge in [-0.25, -0.2) is 0 Å². The van der Waals surface area contributed by atoms with E-state index >= 15 is 0 Å². The Balaban J connectivity index is 2.47. The first-order valence-electron chi connectivity index (χ1n) is 11.7. The quantitative estimate of drug-likeness (QED) is 0.467. The van der Waals surface area contributed by atoms with Gasteiger partial charge in [-0.1, -0.05) is 0 Å². The molecule has 0 aromatic carbocycles. The van der Waals surface area contributed by atoms with Gasteiger partial charge in [-0.05, 0) is 0 Å². The van der Waals surface area contributed by atoms with Gasteiger partial charge in [0, 0.05) is 0 Å². The maximum atomic E-state index is 12.8. The van der Waals surface area contributed by atoms with E-state index in [9.17, 15) is 9.59 Å². The Bertz CT molecular complexity index is 850. The summed E-state index contributed by atoms with van der Waals surface area (Å²) in [6, 6.07) is 0. The summed E-state index contributed by atoms with van der Waals surface area (Å²) in [6.07, 6.45) is 1.82. The average Bonchev–Trinajstić information content (AvgIpc) is 3.04. The van der Waals surface area contributed by atoms with Crippen molar-refractivity contribution in [1.82, 2.24) is 9.55 Å². The Morgan fingerprint density at radius 2 is 1.81 bits per heavy atom. The summed E-state index contributed by atoms with van der Waals surface area (Å²) < 4.78 is 24.9. The van der Waals surface area contributed by atoms with E-state index in [1.807, 2.05) is 20.8 Å². The fraction of sp³-hybridized carbons (Fsp3) is 0.818. The van der Waals surface area contributed by atoms with E-state index < -0.39 is 38.6 Å². The second kappa shape index (κ2) is 10.2. The van der Waals surface area contributed by atoms with Crippen LogP contribution in [0.15, 0.2) is 15.8 Å². The van der Waals surface area contributed by atoms with Crippen molar-refractivity contribution in [1.29, 1.82) is 0 Å². The molecule has 0 spiro atoms. The number of hydrogen-bond acceptors (Lipinski definition) is 5. The number of hydrogen-bond donors (Lipinski definition) is 1. The van der Waals surface area contributed by atoms with Gasteiger partial charge in [-0.3, -0.25) is 0 Å². The van der Waals surface area contributed by atoms with Crippen molar-refractivity contribution in [2.75, 3.05) is 6.61 Å². The van der Waals surface area contributed by atoms with Crippen molar-refractivity contribution >= 4 is 27.6 Å². The van der Waals surface area contributed by atoms with Gasteiger partial charge >= 0.3 is 193 Å². The Hall–Kier alpha value is -0.424. The van der Waals surface area contributed by atoms with Crippen LogP contribution in [0.4, 0.5) is 0 Å². The molecule has 7 nitrogen and oxygen atoms in total. The second-order valence-electron chi connectivity index (χ2n) is 10.1. The van der Waals surface area contributed by atoms with E-state index in [1.54, 1.807) is 17.7 Å². The topological polar surface area (TPSA) is 82.5 Å². The summed E-state index contributed by atoms with van der Waals surface area (Å²) in [5.74, 6) is 0. The Kier molecular flexibility index (Phi) is 8.86. The monoisotopic (exact) mass is 562 g/mol. The van der Waals surface area contributed by atoms with Gasteiger partial charge in [0.05, 0.1) is 0 Å². The Labute approximate surface area is 192 Å². The molecule has 0 saturated carbocycles. The van der Waals surface area contributed by atoms with Crippen LogP contribution in [0.3, 0.4) is 0 Å². The number of rotatable bonds is 9. The van der Waals surface area contributed by atoms with Crippen molar-refractivity contribution in [2.24, 2.45) is 0 Å². The number of aromatic nitrogens is 2. The van der Waals surface area contributed by atoms with Crippen molar-refractivity contribution in [3.05, 3.63) is 32.6 Å². The van der Waals surface area contributed by atoms with Crippen LogP contribution in [0.5, 0.6) is 0 Å². The molecule has 9 heteroatoms. The number of aromatic amines is 1. The molecule has 1 N–H and O–H groups in total. The first kappa shape index (κ1) is 26.8. The zero-order chi connectivity index (χ0) is 23.6. The molecule has 3 atom stereocenters. The molecule has 1 saturated heterocycles. The van der Waals surface area contributed by atoms with Gasteiger partial charge in [0.1, 0.15) is 0 Å². The number of nitrogens with one attached hydrogen (secondary N) is 1. The molecule has 1 fully saturated rings. The van der Waals surface area contributed by atoms with Crippen LogP contribution in [0, 0.1) is 6.92 Å². The van der Waals surface area contributed by atoms with Crippen molar-refractivity contribution in [2.45, 2.75) is 104 Å². The molecule has 1 aliphatic rings.